The number of carbonyl (C=O) groups is 1. The first-order valence-corrected chi connectivity index (χ1v) is 4.55. The van der Waals surface area contributed by atoms with Crippen LogP contribution in [0, 0.1) is 5.92 Å². The molecule has 0 aliphatic heterocycles. The maximum atomic E-state index is 11.2. The van der Waals surface area contributed by atoms with Gasteiger partial charge in [-0.2, -0.15) is 5.10 Å². The summed E-state index contributed by atoms with van der Waals surface area (Å²) in [6.07, 6.45) is 3.32. The zero-order valence-electron chi connectivity index (χ0n) is 8.64. The first-order valence-electron chi connectivity index (χ1n) is 4.55. The number of aromatic nitrogens is 3. The van der Waals surface area contributed by atoms with Crippen LogP contribution in [0.15, 0.2) is 12.7 Å². The lowest BCUT2D eigenvalue weighted by Gasteiger charge is -2.26. The van der Waals surface area contributed by atoms with Crippen LogP contribution in [-0.4, -0.2) is 25.8 Å². The van der Waals surface area contributed by atoms with Crippen molar-refractivity contribution in [3.63, 3.8) is 0 Å². The molecule has 1 N–H and O–H groups in total. The number of nitrogens with zero attached hydrogens (tertiary/aromatic N) is 3. The van der Waals surface area contributed by atoms with E-state index in [0.717, 1.165) is 0 Å². The Morgan fingerprint density at radius 2 is 2.29 bits per heavy atom. The van der Waals surface area contributed by atoms with Gasteiger partial charge in [-0.15, -0.1) is 0 Å². The summed E-state index contributed by atoms with van der Waals surface area (Å²) in [6, 6.07) is 0. The van der Waals surface area contributed by atoms with Crippen LogP contribution in [0.4, 0.5) is 0 Å². The van der Waals surface area contributed by atoms with Crippen LogP contribution in [-0.2, 0) is 10.3 Å². The fourth-order valence-electron chi connectivity index (χ4n) is 1.54. The van der Waals surface area contributed by atoms with Crippen molar-refractivity contribution in [1.82, 2.24) is 14.8 Å². The topological polar surface area (TPSA) is 68.0 Å². The predicted octanol–water partition coefficient (Wildman–Crippen LogP) is 1.12. The zero-order valence-corrected chi connectivity index (χ0v) is 8.64. The number of aliphatic carboxylic acids is 1. The molecule has 1 aromatic heterocycles. The SMILES string of the molecule is CC(C)CC(C)(C(=O)O)n1cncn1. The van der Waals surface area contributed by atoms with Crippen LogP contribution >= 0.6 is 0 Å². The van der Waals surface area contributed by atoms with Crippen LogP contribution in [0.25, 0.3) is 0 Å². The third-order valence-electron chi connectivity index (χ3n) is 2.19. The van der Waals surface area contributed by atoms with Gasteiger partial charge in [0.15, 0.2) is 5.54 Å². The number of hydrogen-bond donors (Lipinski definition) is 1. The molecular weight excluding hydrogens is 182 g/mol. The van der Waals surface area contributed by atoms with Gasteiger partial charge in [0.25, 0.3) is 0 Å². The third-order valence-corrected chi connectivity index (χ3v) is 2.19. The van der Waals surface area contributed by atoms with Gasteiger partial charge in [-0.05, 0) is 19.3 Å². The maximum absolute atomic E-state index is 11.2. The van der Waals surface area contributed by atoms with Crippen LogP contribution in [0.5, 0.6) is 0 Å². The molecule has 1 aromatic rings. The van der Waals surface area contributed by atoms with Gasteiger partial charge in [0.05, 0.1) is 0 Å². The number of rotatable bonds is 4. The maximum Gasteiger partial charge on any atom is 0.331 e. The smallest absolute Gasteiger partial charge is 0.331 e. The van der Waals surface area contributed by atoms with Crippen LogP contribution < -0.4 is 0 Å². The average Bonchev–Trinajstić information content (AvgIpc) is 2.53. The summed E-state index contributed by atoms with van der Waals surface area (Å²) in [4.78, 5) is 14.9. The van der Waals surface area contributed by atoms with Crippen molar-refractivity contribution in [2.75, 3.05) is 0 Å². The highest BCUT2D eigenvalue weighted by Gasteiger charge is 2.36. The summed E-state index contributed by atoms with van der Waals surface area (Å²) in [5.41, 5.74) is -0.995. The van der Waals surface area contributed by atoms with E-state index in [1.54, 1.807) is 6.92 Å². The summed E-state index contributed by atoms with van der Waals surface area (Å²) in [7, 11) is 0. The lowest BCUT2D eigenvalue weighted by molar-refractivity contribution is -0.148. The summed E-state index contributed by atoms with van der Waals surface area (Å²) < 4.78 is 1.40. The van der Waals surface area contributed by atoms with Gasteiger partial charge in [-0.25, -0.2) is 14.5 Å². The van der Waals surface area contributed by atoms with Crippen molar-refractivity contribution in [3.8, 4) is 0 Å². The lowest BCUT2D eigenvalue weighted by atomic mass is 9.91. The molecule has 14 heavy (non-hydrogen) atoms. The molecule has 0 spiro atoms. The van der Waals surface area contributed by atoms with Gasteiger partial charge < -0.3 is 5.11 Å². The third kappa shape index (κ3) is 1.92. The van der Waals surface area contributed by atoms with E-state index in [9.17, 15) is 4.79 Å². The van der Waals surface area contributed by atoms with Crippen LogP contribution in [0.1, 0.15) is 27.2 Å². The minimum Gasteiger partial charge on any atom is -0.479 e. The fourth-order valence-corrected chi connectivity index (χ4v) is 1.54. The van der Waals surface area contributed by atoms with Crippen molar-refractivity contribution in [2.24, 2.45) is 5.92 Å². The average molecular weight is 197 g/mol. The Balaban J connectivity index is 2.99. The van der Waals surface area contributed by atoms with Crippen LogP contribution in [0.3, 0.4) is 0 Å². The van der Waals surface area contributed by atoms with Gasteiger partial charge >= 0.3 is 5.97 Å². The second-order valence-electron chi connectivity index (χ2n) is 4.02. The largest absolute Gasteiger partial charge is 0.479 e. The summed E-state index contributed by atoms with van der Waals surface area (Å²) >= 11 is 0. The number of carboxylic acid groups (broad SMARTS) is 1. The van der Waals surface area contributed by atoms with E-state index in [2.05, 4.69) is 10.1 Å². The molecule has 0 fully saturated rings. The van der Waals surface area contributed by atoms with E-state index in [4.69, 9.17) is 5.11 Å². The second-order valence-corrected chi connectivity index (χ2v) is 4.02. The first-order chi connectivity index (χ1) is 6.47. The molecule has 1 atom stereocenters. The number of carboxylic acids is 1. The highest BCUT2D eigenvalue weighted by atomic mass is 16.4. The Labute approximate surface area is 82.8 Å². The molecule has 0 saturated heterocycles. The molecule has 0 aromatic carbocycles. The highest BCUT2D eigenvalue weighted by molar-refractivity contribution is 5.76. The Bertz CT molecular complexity index is 308. The van der Waals surface area contributed by atoms with E-state index in [1.165, 1.54) is 17.3 Å². The van der Waals surface area contributed by atoms with Gasteiger partial charge in [0.2, 0.25) is 0 Å². The summed E-state index contributed by atoms with van der Waals surface area (Å²) in [5, 5.41) is 13.1. The Morgan fingerprint density at radius 3 is 2.64 bits per heavy atom. The minimum absolute atomic E-state index is 0.292. The molecule has 1 unspecified atom stereocenters. The normalized spacial score (nSPS) is 15.4. The van der Waals surface area contributed by atoms with Crippen molar-refractivity contribution in [3.05, 3.63) is 12.7 Å². The Morgan fingerprint density at radius 1 is 1.64 bits per heavy atom. The molecule has 1 rings (SSSR count). The van der Waals surface area contributed by atoms with Gasteiger partial charge in [0, 0.05) is 0 Å². The van der Waals surface area contributed by atoms with E-state index < -0.39 is 11.5 Å². The molecule has 0 aliphatic rings. The van der Waals surface area contributed by atoms with E-state index in [-0.39, 0.29) is 0 Å². The van der Waals surface area contributed by atoms with Gasteiger partial charge in [0.1, 0.15) is 12.7 Å². The van der Waals surface area contributed by atoms with E-state index in [0.29, 0.717) is 12.3 Å². The summed E-state index contributed by atoms with van der Waals surface area (Å²) in [6.45, 7) is 5.63. The molecule has 78 valence electrons. The minimum atomic E-state index is -0.995. The molecule has 0 radical (unpaired) electrons. The monoisotopic (exact) mass is 197 g/mol. The zero-order chi connectivity index (χ0) is 10.8. The van der Waals surface area contributed by atoms with Crippen molar-refractivity contribution in [1.29, 1.82) is 0 Å². The Kier molecular flexibility index (Phi) is 2.88. The van der Waals surface area contributed by atoms with Crippen LogP contribution in [0.2, 0.25) is 0 Å². The second kappa shape index (κ2) is 3.77. The van der Waals surface area contributed by atoms with Crippen molar-refractivity contribution < 1.29 is 9.90 Å². The number of hydrogen-bond acceptors (Lipinski definition) is 3. The molecule has 5 heteroatoms. The van der Waals surface area contributed by atoms with Crippen molar-refractivity contribution in [2.45, 2.75) is 32.7 Å². The predicted molar refractivity (Wildman–Crippen MR) is 50.8 cm³/mol. The van der Waals surface area contributed by atoms with E-state index >= 15 is 0 Å². The quantitative estimate of drug-likeness (QED) is 0.785. The highest BCUT2D eigenvalue weighted by Crippen LogP contribution is 2.24. The first kappa shape index (κ1) is 10.7. The Hall–Kier alpha value is -1.39. The molecular formula is C9H15N3O2. The molecule has 5 nitrogen and oxygen atoms in total. The lowest BCUT2D eigenvalue weighted by Crippen LogP contribution is -2.40. The van der Waals surface area contributed by atoms with Crippen molar-refractivity contribution >= 4 is 5.97 Å². The van der Waals surface area contributed by atoms with E-state index in [1.807, 2.05) is 13.8 Å². The molecule has 1 heterocycles. The van der Waals surface area contributed by atoms with Gasteiger partial charge in [-0.3, -0.25) is 0 Å². The molecule has 0 amide bonds. The molecule has 0 aliphatic carbocycles. The molecule has 0 saturated carbocycles. The summed E-state index contributed by atoms with van der Waals surface area (Å²) in [5.74, 6) is -0.586. The molecule has 0 bridgehead atoms. The standard InChI is InChI=1S/C9H15N3O2/c1-7(2)4-9(3,8(13)14)12-6-10-5-11-12/h5-7H,4H2,1-3H3,(H,13,14). The fraction of sp³-hybridized carbons (Fsp3) is 0.667. The van der Waals surface area contributed by atoms with Gasteiger partial charge in [-0.1, -0.05) is 13.8 Å².